The van der Waals surface area contributed by atoms with Crippen molar-refractivity contribution in [2.75, 3.05) is 4.90 Å². The van der Waals surface area contributed by atoms with E-state index in [2.05, 4.69) is 215 Å². The molecular weight excluding hydrogens is 841 g/mol. The molecule has 0 spiro atoms. The second-order valence-electron chi connectivity index (χ2n) is 17.2. The van der Waals surface area contributed by atoms with E-state index in [1.54, 1.807) is 0 Å². The standard InChI is InChI=1S/C30H33.C21H20N.2CH3.2ClH.Si.Zr/c1-20-16-24-18-23(21-8-12-25(13-9-21)29(2,3)4)19-28(27(24)17-20)22-10-14-26(15-11-22)30(5,6)7;1-14(2)17-12-18-11-15(3)22(21(18)13-17)20-10-6-8-16-7-4-5-9-19(16)20;;;;;;/h8-19H,1-7H3;4-11,13-15H,1-3H3;2*1H3;2*1H;;/q4*-1;;;;. The molecule has 2 radical (unpaired) electrons. The van der Waals surface area contributed by atoms with Gasteiger partial charge in [-0.1, -0.05) is 170 Å². The fourth-order valence-corrected chi connectivity index (χ4v) is 7.61. The van der Waals surface area contributed by atoms with Crippen molar-refractivity contribution >= 4 is 58.9 Å². The van der Waals surface area contributed by atoms with Crippen molar-refractivity contribution in [3.8, 4) is 22.3 Å². The summed E-state index contributed by atoms with van der Waals surface area (Å²) in [5.41, 5.74) is 14.7. The van der Waals surface area contributed by atoms with Crippen molar-refractivity contribution in [1.29, 1.82) is 0 Å². The maximum atomic E-state index is 3.57. The van der Waals surface area contributed by atoms with Gasteiger partial charge in [-0.05, 0) is 57.4 Å². The molecule has 58 heavy (non-hydrogen) atoms. The van der Waals surface area contributed by atoms with Crippen molar-refractivity contribution in [3.63, 3.8) is 0 Å². The van der Waals surface area contributed by atoms with Crippen LogP contribution < -0.4 is 4.90 Å². The number of nitrogens with zero attached hydrogens (tertiary/aromatic N) is 1. The molecule has 1 aliphatic heterocycles. The van der Waals surface area contributed by atoms with Crippen LogP contribution in [0.3, 0.4) is 0 Å². The third kappa shape index (κ3) is 10.9. The Bertz CT molecular complexity index is 2380. The molecule has 2 aliphatic rings. The minimum atomic E-state index is 0. The number of aryl methyl sites for hydroxylation is 1. The van der Waals surface area contributed by atoms with Gasteiger partial charge in [0.2, 0.25) is 0 Å². The van der Waals surface area contributed by atoms with Gasteiger partial charge in [-0.3, -0.25) is 0 Å². The van der Waals surface area contributed by atoms with Crippen LogP contribution in [-0.4, -0.2) is 12.9 Å². The van der Waals surface area contributed by atoms with E-state index < -0.39 is 0 Å². The Morgan fingerprint density at radius 1 is 0.690 bits per heavy atom. The van der Waals surface area contributed by atoms with Crippen LogP contribution in [0.4, 0.5) is 5.69 Å². The molecule has 6 aromatic carbocycles. The van der Waals surface area contributed by atoms with Crippen LogP contribution in [0.25, 0.3) is 43.8 Å². The van der Waals surface area contributed by atoms with E-state index in [9.17, 15) is 0 Å². The van der Waals surface area contributed by atoms with Gasteiger partial charge in [-0.25, -0.2) is 0 Å². The normalized spacial score (nSPS) is 14.2. The number of hydrogen-bond donors (Lipinski definition) is 0. The van der Waals surface area contributed by atoms with Gasteiger partial charge in [-0.15, -0.1) is 82.7 Å². The minimum absolute atomic E-state index is 0. The number of rotatable bonds is 4. The number of benzene rings is 5. The van der Waals surface area contributed by atoms with Gasteiger partial charge < -0.3 is 19.8 Å². The Morgan fingerprint density at radius 2 is 1.24 bits per heavy atom. The number of anilines is 1. The molecule has 0 fully saturated rings. The Hall–Kier alpha value is -3.33. The summed E-state index contributed by atoms with van der Waals surface area (Å²) in [6.45, 7) is 25.6. The summed E-state index contributed by atoms with van der Waals surface area (Å²) in [6.07, 6.45) is 8.20. The first-order chi connectivity index (χ1) is 25.7. The first-order valence-electron chi connectivity index (χ1n) is 19.2. The molecule has 0 amide bonds. The Kier molecular flexibility index (Phi) is 18.2. The quantitative estimate of drug-likeness (QED) is 0.126. The van der Waals surface area contributed by atoms with Gasteiger partial charge in [0.05, 0.1) is 0 Å². The molecule has 0 N–H and O–H groups in total. The number of fused-ring (bicyclic) bond motifs is 3. The zero-order valence-corrected chi connectivity index (χ0v) is 41.6. The fourth-order valence-electron chi connectivity index (χ4n) is 7.61. The van der Waals surface area contributed by atoms with E-state index in [0.717, 1.165) is 0 Å². The van der Waals surface area contributed by atoms with Crippen LogP contribution in [0.1, 0.15) is 79.0 Å². The summed E-state index contributed by atoms with van der Waals surface area (Å²) >= 11 is 1.36. The van der Waals surface area contributed by atoms with Gasteiger partial charge >= 0.3 is 30.2 Å². The first kappa shape index (κ1) is 50.8. The third-order valence-electron chi connectivity index (χ3n) is 10.7. The average molecular weight is 902 g/mol. The molecular formula is C53H61Cl2NSiZr-4. The molecule has 1 atom stereocenters. The van der Waals surface area contributed by atoms with Gasteiger partial charge in [-0.2, -0.15) is 6.07 Å². The maximum absolute atomic E-state index is 3.57. The van der Waals surface area contributed by atoms with Crippen LogP contribution in [-0.2, 0) is 34.2 Å². The van der Waals surface area contributed by atoms with Crippen molar-refractivity contribution in [2.45, 2.75) is 86.1 Å². The van der Waals surface area contributed by atoms with Crippen molar-refractivity contribution in [1.82, 2.24) is 0 Å². The summed E-state index contributed by atoms with van der Waals surface area (Å²) in [6, 6.07) is 43.1. The summed E-state index contributed by atoms with van der Waals surface area (Å²) in [5, 5.41) is 5.26. The molecule has 1 aliphatic carbocycles. The SMILES string of the molecule is CC(C)C1=[C-]C2=CC(C)N(c3cccc4ccccc34)C2=C1.Cc1cc2c(-c3ccc(C(C)(C)C)cc3)cc(-c3ccc(C(C)(C)C)cc3)cc2[cH-]1.Cl.Cl.[CH3-].[CH3-].[Si]=[Zr]. The molecule has 6 aromatic rings. The second kappa shape index (κ2) is 20.8. The number of hydrogen-bond acceptors (Lipinski definition) is 1. The molecule has 304 valence electrons. The molecule has 0 bridgehead atoms. The fraction of sp³-hybridized carbons (Fsp3) is 0.264. The molecule has 0 saturated carbocycles. The van der Waals surface area contributed by atoms with E-state index in [0.29, 0.717) is 12.0 Å². The molecule has 0 aromatic heterocycles. The first-order valence-corrected chi connectivity index (χ1v) is 23.4. The van der Waals surface area contributed by atoms with Crippen molar-refractivity contribution in [3.05, 3.63) is 182 Å². The molecule has 1 heterocycles. The van der Waals surface area contributed by atoms with Gasteiger partial charge in [0, 0.05) is 17.1 Å². The zero-order chi connectivity index (χ0) is 38.9. The topological polar surface area (TPSA) is 3.24 Å². The van der Waals surface area contributed by atoms with Crippen LogP contribution in [0.5, 0.6) is 0 Å². The van der Waals surface area contributed by atoms with Crippen molar-refractivity contribution in [2.24, 2.45) is 5.92 Å². The number of halogens is 2. The van der Waals surface area contributed by atoms with E-state index in [-0.39, 0.29) is 50.5 Å². The molecule has 1 nitrogen and oxygen atoms in total. The van der Waals surface area contributed by atoms with Gasteiger partial charge in [0.15, 0.2) is 0 Å². The van der Waals surface area contributed by atoms with Crippen molar-refractivity contribution < 1.29 is 23.3 Å². The Balaban J connectivity index is 0.000000372. The predicted molar refractivity (Wildman–Crippen MR) is 259 cm³/mol. The summed E-state index contributed by atoms with van der Waals surface area (Å²) in [5.74, 6) is 0.517. The Morgan fingerprint density at radius 3 is 1.81 bits per heavy atom. The van der Waals surface area contributed by atoms with Crippen LogP contribution >= 0.6 is 24.8 Å². The summed E-state index contributed by atoms with van der Waals surface area (Å²) < 4.78 is 0. The van der Waals surface area contributed by atoms with E-state index >= 15 is 0 Å². The molecule has 8 rings (SSSR count). The Labute approximate surface area is 380 Å². The summed E-state index contributed by atoms with van der Waals surface area (Å²) in [4.78, 5) is 2.44. The second-order valence-corrected chi connectivity index (χ2v) is 17.2. The van der Waals surface area contributed by atoms with Gasteiger partial charge in [0.25, 0.3) is 0 Å². The molecule has 5 heteroatoms. The van der Waals surface area contributed by atoms with Crippen LogP contribution in [0, 0.1) is 33.8 Å². The van der Waals surface area contributed by atoms with E-state index in [1.165, 1.54) is 106 Å². The van der Waals surface area contributed by atoms with Gasteiger partial charge in [0.1, 0.15) is 0 Å². The molecule has 1 unspecified atom stereocenters. The van der Waals surface area contributed by atoms with Crippen LogP contribution in [0.15, 0.2) is 144 Å². The predicted octanol–water partition coefficient (Wildman–Crippen LogP) is 15.4. The summed E-state index contributed by atoms with van der Waals surface area (Å²) in [7, 11) is 0. The molecule has 0 saturated heterocycles. The van der Waals surface area contributed by atoms with E-state index in [1.807, 2.05) is 0 Å². The zero-order valence-electron chi connectivity index (χ0n) is 36.5. The van der Waals surface area contributed by atoms with E-state index in [4.69, 9.17) is 0 Å². The number of allylic oxidation sites excluding steroid dienone is 3. The monoisotopic (exact) mass is 899 g/mol. The van der Waals surface area contributed by atoms with Crippen LogP contribution in [0.2, 0.25) is 0 Å². The average Bonchev–Trinajstić information content (AvgIpc) is 3.83. The third-order valence-corrected chi connectivity index (χ3v) is 10.7.